The maximum Gasteiger partial charge on any atom is 0.255 e. The molecule has 4 rings (SSSR count). The van der Waals surface area contributed by atoms with Crippen LogP contribution in [0.4, 0.5) is 8.78 Å². The molecule has 1 saturated carbocycles. The highest BCUT2D eigenvalue weighted by Gasteiger charge is 2.26. The number of ether oxygens (including phenoxy) is 1. The summed E-state index contributed by atoms with van der Waals surface area (Å²) < 4.78 is 30.6. The number of fused-ring (bicyclic) bond motifs is 1. The molecular formula is C26H32F2N2O2. The molecule has 172 valence electrons. The first-order valence-corrected chi connectivity index (χ1v) is 11.2. The van der Waals surface area contributed by atoms with Gasteiger partial charge in [0.25, 0.3) is 5.56 Å². The summed E-state index contributed by atoms with van der Waals surface area (Å²) in [6, 6.07) is 9.95. The Labute approximate surface area is 187 Å². The van der Waals surface area contributed by atoms with Gasteiger partial charge in [-0.3, -0.25) is 4.79 Å². The lowest BCUT2D eigenvalue weighted by Crippen LogP contribution is -2.35. The van der Waals surface area contributed by atoms with Crippen molar-refractivity contribution < 1.29 is 13.5 Å². The molecule has 1 fully saturated rings. The number of halogens is 2. The van der Waals surface area contributed by atoms with Crippen LogP contribution in [0.15, 0.2) is 47.4 Å². The lowest BCUT2D eigenvalue weighted by atomic mass is 9.82. The molecule has 1 aliphatic carbocycles. The van der Waals surface area contributed by atoms with Crippen molar-refractivity contribution in [2.75, 3.05) is 0 Å². The molecule has 4 nitrogen and oxygen atoms in total. The van der Waals surface area contributed by atoms with Crippen LogP contribution in [-0.4, -0.2) is 17.1 Å². The minimum atomic E-state index is -0.791. The Morgan fingerprint density at radius 1 is 1.06 bits per heavy atom. The van der Waals surface area contributed by atoms with Gasteiger partial charge < -0.3 is 15.5 Å². The number of hydrogen-bond acceptors (Lipinski definition) is 3. The summed E-state index contributed by atoms with van der Waals surface area (Å²) in [7, 11) is 0. The fourth-order valence-electron chi connectivity index (χ4n) is 4.20. The van der Waals surface area contributed by atoms with Crippen molar-refractivity contribution in [2.45, 2.75) is 65.0 Å². The lowest BCUT2D eigenvalue weighted by molar-refractivity contribution is 0.122. The summed E-state index contributed by atoms with van der Waals surface area (Å²) in [6.45, 7) is 5.87. The van der Waals surface area contributed by atoms with Crippen LogP contribution in [-0.2, 0) is 0 Å². The summed E-state index contributed by atoms with van der Waals surface area (Å²) in [5.74, 6) is -0.0435. The van der Waals surface area contributed by atoms with Gasteiger partial charge in [0.05, 0.1) is 6.10 Å². The maximum atomic E-state index is 12.2. The number of nitrogens with two attached hydrogens (primary N) is 1. The van der Waals surface area contributed by atoms with Crippen LogP contribution in [0.3, 0.4) is 0 Å². The Hall–Kier alpha value is -2.73. The second-order valence-corrected chi connectivity index (χ2v) is 8.66. The van der Waals surface area contributed by atoms with Gasteiger partial charge in [-0.2, -0.15) is 0 Å². The van der Waals surface area contributed by atoms with E-state index < -0.39 is 11.6 Å². The Balaban J connectivity index is 0.000000269. The van der Waals surface area contributed by atoms with Gasteiger partial charge in [-0.25, -0.2) is 8.78 Å². The molecule has 1 unspecified atom stereocenters. The first-order chi connectivity index (χ1) is 15.3. The zero-order valence-electron chi connectivity index (χ0n) is 19.0. The standard InChI is InChI=1S/C19H26N2O2.C7H6F2/c1-3-17(20)13-4-6-15(7-5-13)23-18-11-14-8-9-21-19(22)16(14)10-12(18)2;1-5-2-3-6(8)7(9)4-5/h8-11,13,15,17H,3-7,20H2,1-2H3,(H,21,22);2-4H,1H3. The van der Waals surface area contributed by atoms with Crippen molar-refractivity contribution in [3.05, 3.63) is 75.7 Å². The molecule has 6 heteroatoms. The van der Waals surface area contributed by atoms with Crippen molar-refractivity contribution in [1.29, 1.82) is 0 Å². The summed E-state index contributed by atoms with van der Waals surface area (Å²) >= 11 is 0. The molecule has 0 spiro atoms. The van der Waals surface area contributed by atoms with Crippen molar-refractivity contribution in [1.82, 2.24) is 4.98 Å². The first kappa shape index (κ1) is 23.9. The first-order valence-electron chi connectivity index (χ1n) is 11.2. The van der Waals surface area contributed by atoms with Crippen LogP contribution in [0.1, 0.15) is 50.2 Å². The van der Waals surface area contributed by atoms with E-state index in [0.717, 1.165) is 71.9 Å². The normalized spacial score (nSPS) is 19.2. The van der Waals surface area contributed by atoms with E-state index in [-0.39, 0.29) is 11.7 Å². The van der Waals surface area contributed by atoms with E-state index in [9.17, 15) is 13.6 Å². The molecule has 0 saturated heterocycles. The van der Waals surface area contributed by atoms with E-state index in [1.165, 1.54) is 6.07 Å². The fourth-order valence-corrected chi connectivity index (χ4v) is 4.20. The van der Waals surface area contributed by atoms with E-state index in [1.807, 2.05) is 25.1 Å². The fraction of sp³-hybridized carbons (Fsp3) is 0.423. The number of aryl methyl sites for hydroxylation is 2. The molecule has 3 aromatic rings. The largest absolute Gasteiger partial charge is 0.490 e. The summed E-state index contributed by atoms with van der Waals surface area (Å²) in [6.07, 6.45) is 7.40. The number of benzene rings is 2. The highest BCUT2D eigenvalue weighted by atomic mass is 19.2. The number of hydrogen-bond donors (Lipinski definition) is 2. The Morgan fingerprint density at radius 2 is 1.78 bits per heavy atom. The van der Waals surface area contributed by atoms with Gasteiger partial charge in [0, 0.05) is 17.6 Å². The van der Waals surface area contributed by atoms with E-state index in [0.29, 0.717) is 12.0 Å². The highest BCUT2D eigenvalue weighted by Crippen LogP contribution is 2.32. The van der Waals surface area contributed by atoms with Crippen molar-refractivity contribution in [3.8, 4) is 5.75 Å². The molecule has 2 aromatic carbocycles. The molecule has 1 aliphatic rings. The molecule has 1 aromatic heterocycles. The van der Waals surface area contributed by atoms with E-state index >= 15 is 0 Å². The minimum absolute atomic E-state index is 0.0498. The van der Waals surface area contributed by atoms with Crippen LogP contribution >= 0.6 is 0 Å². The van der Waals surface area contributed by atoms with E-state index in [1.54, 1.807) is 13.1 Å². The van der Waals surface area contributed by atoms with Crippen LogP contribution < -0.4 is 16.0 Å². The second-order valence-electron chi connectivity index (χ2n) is 8.66. The van der Waals surface area contributed by atoms with Gasteiger partial charge in [0.2, 0.25) is 0 Å². The van der Waals surface area contributed by atoms with E-state index in [4.69, 9.17) is 10.5 Å². The average Bonchev–Trinajstić information content (AvgIpc) is 2.78. The smallest absolute Gasteiger partial charge is 0.255 e. The number of rotatable bonds is 4. The number of nitrogens with one attached hydrogen (secondary N) is 1. The third-order valence-corrected chi connectivity index (χ3v) is 6.23. The predicted molar refractivity (Wildman–Crippen MR) is 125 cm³/mol. The van der Waals surface area contributed by atoms with Crippen LogP contribution in [0.25, 0.3) is 10.8 Å². The quantitative estimate of drug-likeness (QED) is 0.538. The van der Waals surface area contributed by atoms with Crippen molar-refractivity contribution in [3.63, 3.8) is 0 Å². The number of H-pyrrole nitrogens is 1. The number of aromatic amines is 1. The van der Waals surface area contributed by atoms with Gasteiger partial charge in [0.1, 0.15) is 5.75 Å². The SMILES string of the molecule is CCC(N)C1CCC(Oc2cc3cc[nH]c(=O)c3cc2C)CC1.Cc1ccc(F)c(F)c1. The van der Waals surface area contributed by atoms with E-state index in [2.05, 4.69) is 11.9 Å². The average molecular weight is 443 g/mol. The molecule has 0 amide bonds. The van der Waals surface area contributed by atoms with Crippen LogP contribution in [0.2, 0.25) is 0 Å². The molecule has 1 atom stereocenters. The zero-order valence-corrected chi connectivity index (χ0v) is 19.0. The molecular weight excluding hydrogens is 410 g/mol. The van der Waals surface area contributed by atoms with Gasteiger partial charge in [-0.1, -0.05) is 13.0 Å². The maximum absolute atomic E-state index is 12.2. The van der Waals surface area contributed by atoms with Gasteiger partial charge in [-0.15, -0.1) is 0 Å². The molecule has 0 radical (unpaired) electrons. The lowest BCUT2D eigenvalue weighted by Gasteiger charge is -2.32. The highest BCUT2D eigenvalue weighted by molar-refractivity contribution is 5.83. The van der Waals surface area contributed by atoms with Crippen molar-refractivity contribution >= 4 is 10.8 Å². The predicted octanol–water partition coefficient (Wildman–Crippen LogP) is 5.78. The summed E-state index contributed by atoms with van der Waals surface area (Å²) in [5, 5.41) is 1.64. The topological polar surface area (TPSA) is 68.1 Å². The van der Waals surface area contributed by atoms with Gasteiger partial charge >= 0.3 is 0 Å². The third kappa shape index (κ3) is 5.94. The molecule has 0 bridgehead atoms. The molecule has 0 aliphatic heterocycles. The summed E-state index contributed by atoms with van der Waals surface area (Å²) in [5.41, 5.74) is 7.87. The number of pyridine rings is 1. The zero-order chi connectivity index (χ0) is 23.3. The minimum Gasteiger partial charge on any atom is -0.490 e. The molecule has 1 heterocycles. The third-order valence-electron chi connectivity index (χ3n) is 6.23. The van der Waals surface area contributed by atoms with Crippen LogP contribution in [0.5, 0.6) is 5.75 Å². The molecule has 3 N–H and O–H groups in total. The Morgan fingerprint density at radius 3 is 2.41 bits per heavy atom. The monoisotopic (exact) mass is 442 g/mol. The Kier molecular flexibility index (Phi) is 8.02. The molecule has 32 heavy (non-hydrogen) atoms. The van der Waals surface area contributed by atoms with Gasteiger partial charge in [-0.05, 0) is 98.7 Å². The van der Waals surface area contributed by atoms with Gasteiger partial charge in [0.15, 0.2) is 11.6 Å². The Bertz CT molecular complexity index is 1100. The second kappa shape index (κ2) is 10.7. The number of aromatic nitrogens is 1. The van der Waals surface area contributed by atoms with Crippen molar-refractivity contribution in [2.24, 2.45) is 11.7 Å². The van der Waals surface area contributed by atoms with Crippen LogP contribution in [0, 0.1) is 31.4 Å². The summed E-state index contributed by atoms with van der Waals surface area (Å²) in [4.78, 5) is 14.6.